The van der Waals surface area contributed by atoms with Gasteiger partial charge in [-0.1, -0.05) is 18.2 Å². The van der Waals surface area contributed by atoms with Crippen molar-refractivity contribution in [3.05, 3.63) is 42.5 Å². The fourth-order valence-electron chi connectivity index (χ4n) is 3.95. The largest absolute Gasteiger partial charge is 0.319 e. The molecule has 0 saturated carbocycles. The Morgan fingerprint density at radius 3 is 2.52 bits per heavy atom. The first kappa shape index (κ1) is 14.4. The summed E-state index contributed by atoms with van der Waals surface area (Å²) < 4.78 is 1.99. The maximum absolute atomic E-state index is 12.9. The van der Waals surface area contributed by atoms with Crippen molar-refractivity contribution in [2.45, 2.75) is 24.8 Å². The molecule has 0 bridgehead atoms. The lowest BCUT2D eigenvalue weighted by Gasteiger charge is -2.38. The van der Waals surface area contributed by atoms with E-state index in [1.807, 2.05) is 28.6 Å². The summed E-state index contributed by atoms with van der Waals surface area (Å²) in [4.78, 5) is 17.1. The van der Waals surface area contributed by atoms with Crippen LogP contribution in [0.1, 0.15) is 18.4 Å². The van der Waals surface area contributed by atoms with Crippen molar-refractivity contribution in [1.29, 1.82) is 0 Å². The third-order valence-electron chi connectivity index (χ3n) is 5.35. The van der Waals surface area contributed by atoms with E-state index in [1.54, 1.807) is 12.7 Å². The number of likely N-dealkylation sites (tertiary alicyclic amines) is 1. The minimum atomic E-state index is -0.307. The lowest BCUT2D eigenvalue weighted by molar-refractivity contribution is -0.124. The highest BCUT2D eigenvalue weighted by Gasteiger charge is 2.50. The van der Waals surface area contributed by atoms with Gasteiger partial charge in [0.05, 0.1) is 5.41 Å². The van der Waals surface area contributed by atoms with E-state index in [4.69, 9.17) is 0 Å². The van der Waals surface area contributed by atoms with Crippen molar-refractivity contribution in [2.24, 2.45) is 0 Å². The van der Waals surface area contributed by atoms with E-state index in [0.717, 1.165) is 44.7 Å². The Morgan fingerprint density at radius 1 is 1.09 bits per heavy atom. The molecule has 0 N–H and O–H groups in total. The summed E-state index contributed by atoms with van der Waals surface area (Å²) in [5.74, 6) is 0.261. The van der Waals surface area contributed by atoms with Crippen LogP contribution in [0, 0.1) is 0 Å². The first-order valence-corrected chi connectivity index (χ1v) is 8.13. The average Bonchev–Trinajstić information content (AvgIpc) is 3.18. The van der Waals surface area contributed by atoms with Gasteiger partial charge in [0.1, 0.15) is 12.7 Å². The quantitative estimate of drug-likeness (QED) is 0.857. The number of carbonyl (C=O) groups excluding carboxylic acids is 1. The molecule has 1 spiro atoms. The fourth-order valence-corrected chi connectivity index (χ4v) is 3.95. The van der Waals surface area contributed by atoms with Crippen LogP contribution in [0.25, 0.3) is 0 Å². The molecule has 2 aromatic rings. The van der Waals surface area contributed by atoms with Gasteiger partial charge >= 0.3 is 0 Å². The van der Waals surface area contributed by atoms with Gasteiger partial charge in [0.25, 0.3) is 0 Å². The van der Waals surface area contributed by atoms with E-state index in [1.165, 1.54) is 5.56 Å². The summed E-state index contributed by atoms with van der Waals surface area (Å²) in [5, 5.41) is 7.66. The summed E-state index contributed by atoms with van der Waals surface area (Å²) in [6.45, 7) is 3.77. The van der Waals surface area contributed by atoms with Gasteiger partial charge in [0.2, 0.25) is 5.91 Å². The number of para-hydroxylation sites is 1. The lowest BCUT2D eigenvalue weighted by atomic mass is 9.73. The fraction of sp³-hybridized carbons (Fsp3) is 0.471. The second-order valence-corrected chi connectivity index (χ2v) is 6.50. The molecule has 0 unspecified atom stereocenters. The van der Waals surface area contributed by atoms with Gasteiger partial charge in [0, 0.05) is 25.8 Å². The van der Waals surface area contributed by atoms with Crippen molar-refractivity contribution in [2.75, 3.05) is 31.6 Å². The first-order valence-electron chi connectivity index (χ1n) is 8.13. The predicted octanol–water partition coefficient (Wildman–Crippen LogP) is 1.29. The first-order chi connectivity index (χ1) is 11.2. The molecule has 1 amide bonds. The molecule has 1 saturated heterocycles. The van der Waals surface area contributed by atoms with Gasteiger partial charge in [0.15, 0.2) is 0 Å². The monoisotopic (exact) mass is 311 g/mol. The molecule has 2 aliphatic rings. The second-order valence-electron chi connectivity index (χ2n) is 6.50. The normalized spacial score (nSPS) is 20.2. The van der Waals surface area contributed by atoms with Crippen LogP contribution in [0.2, 0.25) is 0 Å². The molecule has 0 atom stereocenters. The molecule has 1 aromatic heterocycles. The number of hydrogen-bond donors (Lipinski definition) is 0. The summed E-state index contributed by atoms with van der Waals surface area (Å²) in [6.07, 6.45) is 5.29. The molecule has 0 radical (unpaired) electrons. The standard InChI is InChI=1S/C17H21N5O/c1-20-15-5-3-2-4-14(15)17(16(20)23)6-8-21(9-7-17)10-11-22-12-18-19-13-22/h2-5,12-13H,6-11H2,1H3. The minimum Gasteiger partial charge on any atom is -0.319 e. The van der Waals surface area contributed by atoms with Gasteiger partial charge in [-0.25, -0.2) is 0 Å². The summed E-state index contributed by atoms with van der Waals surface area (Å²) in [6, 6.07) is 8.24. The number of anilines is 1. The molecule has 4 rings (SSSR count). The summed E-state index contributed by atoms with van der Waals surface area (Å²) in [5.41, 5.74) is 1.99. The number of piperidine rings is 1. The van der Waals surface area contributed by atoms with Crippen LogP contribution in [0.4, 0.5) is 5.69 Å². The number of rotatable bonds is 3. The maximum Gasteiger partial charge on any atom is 0.237 e. The number of hydrogen-bond acceptors (Lipinski definition) is 4. The molecule has 23 heavy (non-hydrogen) atoms. The number of likely N-dealkylation sites (N-methyl/N-ethyl adjacent to an activating group) is 1. The smallest absolute Gasteiger partial charge is 0.237 e. The highest BCUT2D eigenvalue weighted by Crippen LogP contribution is 2.47. The number of aromatic nitrogens is 3. The summed E-state index contributed by atoms with van der Waals surface area (Å²) in [7, 11) is 1.90. The molecule has 2 aliphatic heterocycles. The second kappa shape index (κ2) is 5.45. The lowest BCUT2D eigenvalue weighted by Crippen LogP contribution is -2.48. The highest BCUT2D eigenvalue weighted by atomic mass is 16.2. The van der Waals surface area contributed by atoms with Gasteiger partial charge < -0.3 is 14.4 Å². The van der Waals surface area contributed by atoms with Gasteiger partial charge in [-0.2, -0.15) is 0 Å². The number of amides is 1. The predicted molar refractivity (Wildman–Crippen MR) is 87.2 cm³/mol. The third-order valence-corrected chi connectivity index (χ3v) is 5.35. The Hall–Kier alpha value is -2.21. The average molecular weight is 311 g/mol. The highest BCUT2D eigenvalue weighted by molar-refractivity contribution is 6.07. The molecule has 3 heterocycles. The van der Waals surface area contributed by atoms with Crippen molar-refractivity contribution < 1.29 is 4.79 Å². The van der Waals surface area contributed by atoms with Crippen LogP contribution in [0.5, 0.6) is 0 Å². The third kappa shape index (κ3) is 2.25. The Labute approximate surface area is 135 Å². The van der Waals surface area contributed by atoms with Crippen molar-refractivity contribution >= 4 is 11.6 Å². The Bertz CT molecular complexity index is 704. The van der Waals surface area contributed by atoms with Crippen molar-refractivity contribution in [1.82, 2.24) is 19.7 Å². The number of carbonyl (C=O) groups is 1. The number of nitrogens with zero attached hydrogens (tertiary/aromatic N) is 5. The molecule has 1 aromatic carbocycles. The van der Waals surface area contributed by atoms with Crippen LogP contribution < -0.4 is 4.90 Å². The molecular formula is C17H21N5O. The van der Waals surface area contributed by atoms with E-state index in [9.17, 15) is 4.79 Å². The van der Waals surface area contributed by atoms with E-state index >= 15 is 0 Å². The molecule has 6 nitrogen and oxygen atoms in total. The van der Waals surface area contributed by atoms with Crippen LogP contribution in [0.3, 0.4) is 0 Å². The zero-order valence-corrected chi connectivity index (χ0v) is 13.4. The van der Waals surface area contributed by atoms with Crippen molar-refractivity contribution in [3.8, 4) is 0 Å². The number of benzene rings is 1. The Morgan fingerprint density at radius 2 is 1.78 bits per heavy atom. The summed E-state index contributed by atoms with van der Waals surface area (Å²) >= 11 is 0. The van der Waals surface area contributed by atoms with Crippen LogP contribution in [-0.4, -0.2) is 52.3 Å². The zero-order valence-electron chi connectivity index (χ0n) is 13.4. The molecule has 0 aliphatic carbocycles. The van der Waals surface area contributed by atoms with E-state index in [0.29, 0.717) is 0 Å². The van der Waals surface area contributed by atoms with Crippen LogP contribution in [0.15, 0.2) is 36.9 Å². The molecule has 1 fully saturated rings. The van der Waals surface area contributed by atoms with E-state index in [-0.39, 0.29) is 11.3 Å². The van der Waals surface area contributed by atoms with Gasteiger partial charge in [-0.15, -0.1) is 10.2 Å². The Balaban J connectivity index is 1.47. The van der Waals surface area contributed by atoms with Crippen molar-refractivity contribution in [3.63, 3.8) is 0 Å². The SMILES string of the molecule is CN1C(=O)C2(CCN(CCn3cnnc3)CC2)c2ccccc21. The molecule has 6 heteroatoms. The number of fused-ring (bicyclic) bond motifs is 2. The van der Waals surface area contributed by atoms with E-state index in [2.05, 4.69) is 27.2 Å². The maximum atomic E-state index is 12.9. The molecular weight excluding hydrogens is 290 g/mol. The topological polar surface area (TPSA) is 54.3 Å². The Kier molecular flexibility index (Phi) is 3.41. The molecule has 120 valence electrons. The van der Waals surface area contributed by atoms with Crippen LogP contribution >= 0.6 is 0 Å². The minimum absolute atomic E-state index is 0.261. The zero-order chi connectivity index (χ0) is 15.9. The van der Waals surface area contributed by atoms with Crippen LogP contribution in [-0.2, 0) is 16.8 Å². The van der Waals surface area contributed by atoms with E-state index < -0.39 is 0 Å². The van der Waals surface area contributed by atoms with Gasteiger partial charge in [-0.3, -0.25) is 4.79 Å². The van der Waals surface area contributed by atoms with Gasteiger partial charge in [-0.05, 0) is 37.6 Å².